The highest BCUT2D eigenvalue weighted by Gasteiger charge is 2.22. The SMILES string of the molecule is Cc1cc(C(C)NS(=O)(=O)c2ccccc2C)c(C)o1. The third-order valence-electron chi connectivity index (χ3n) is 3.26. The Morgan fingerprint density at radius 3 is 2.35 bits per heavy atom. The standard InChI is InChI=1S/C15H19NO3S/c1-10-7-5-6-8-15(10)20(17,18)16-12(3)14-9-11(2)19-13(14)4/h5-9,12,16H,1-4H3. The van der Waals surface area contributed by atoms with Crippen molar-refractivity contribution in [3.63, 3.8) is 0 Å². The minimum atomic E-state index is -3.54. The molecule has 0 aliphatic carbocycles. The average molecular weight is 293 g/mol. The molecule has 0 aliphatic heterocycles. The van der Waals surface area contributed by atoms with Gasteiger partial charge in [0.1, 0.15) is 11.5 Å². The molecule has 108 valence electrons. The summed E-state index contributed by atoms with van der Waals surface area (Å²) in [5, 5.41) is 0. The molecule has 1 aromatic heterocycles. The molecule has 0 fully saturated rings. The van der Waals surface area contributed by atoms with Crippen LogP contribution in [0.4, 0.5) is 0 Å². The molecule has 1 heterocycles. The van der Waals surface area contributed by atoms with Gasteiger partial charge >= 0.3 is 0 Å². The molecule has 0 saturated carbocycles. The smallest absolute Gasteiger partial charge is 0.241 e. The lowest BCUT2D eigenvalue weighted by Crippen LogP contribution is -2.27. The van der Waals surface area contributed by atoms with Gasteiger partial charge in [-0.25, -0.2) is 13.1 Å². The van der Waals surface area contributed by atoms with E-state index in [1.165, 1.54) is 0 Å². The van der Waals surface area contributed by atoms with Gasteiger partial charge in [-0.15, -0.1) is 0 Å². The van der Waals surface area contributed by atoms with Crippen LogP contribution in [0, 0.1) is 20.8 Å². The Morgan fingerprint density at radius 1 is 1.15 bits per heavy atom. The van der Waals surface area contributed by atoms with E-state index < -0.39 is 10.0 Å². The Balaban J connectivity index is 2.29. The number of nitrogens with one attached hydrogen (secondary N) is 1. The maximum atomic E-state index is 12.4. The van der Waals surface area contributed by atoms with Crippen LogP contribution in [0.3, 0.4) is 0 Å². The van der Waals surface area contributed by atoms with E-state index in [1.54, 1.807) is 25.1 Å². The molecule has 1 aromatic carbocycles. The summed E-state index contributed by atoms with van der Waals surface area (Å²) in [4.78, 5) is 0.310. The first-order valence-corrected chi connectivity index (χ1v) is 7.94. The first-order chi connectivity index (χ1) is 9.31. The van der Waals surface area contributed by atoms with Gasteiger partial charge < -0.3 is 4.42 Å². The predicted octanol–water partition coefficient (Wildman–Crippen LogP) is 3.24. The Bertz CT molecular complexity index is 716. The van der Waals surface area contributed by atoms with Gasteiger partial charge in [-0.3, -0.25) is 0 Å². The molecule has 0 aliphatic rings. The maximum absolute atomic E-state index is 12.4. The molecule has 4 nitrogen and oxygen atoms in total. The summed E-state index contributed by atoms with van der Waals surface area (Å²) in [7, 11) is -3.54. The third-order valence-corrected chi connectivity index (χ3v) is 4.96. The van der Waals surface area contributed by atoms with E-state index in [1.807, 2.05) is 32.9 Å². The molecule has 0 spiro atoms. The fraction of sp³-hybridized carbons (Fsp3) is 0.333. The Kier molecular flexibility index (Phi) is 4.01. The summed E-state index contributed by atoms with van der Waals surface area (Å²) >= 11 is 0. The Labute approximate surface area is 119 Å². The summed E-state index contributed by atoms with van der Waals surface area (Å²) in [5.74, 6) is 1.52. The van der Waals surface area contributed by atoms with Crippen molar-refractivity contribution in [2.24, 2.45) is 0 Å². The zero-order valence-electron chi connectivity index (χ0n) is 12.1. The first kappa shape index (κ1) is 14.8. The quantitative estimate of drug-likeness (QED) is 0.941. The monoisotopic (exact) mass is 293 g/mol. The summed E-state index contributed by atoms with van der Waals surface area (Å²) in [6.07, 6.45) is 0. The largest absolute Gasteiger partial charge is 0.466 e. The zero-order chi connectivity index (χ0) is 14.9. The molecule has 0 radical (unpaired) electrons. The molecule has 2 aromatic rings. The van der Waals surface area contributed by atoms with Crippen LogP contribution >= 0.6 is 0 Å². The molecular weight excluding hydrogens is 274 g/mol. The predicted molar refractivity (Wildman–Crippen MR) is 78.1 cm³/mol. The maximum Gasteiger partial charge on any atom is 0.241 e. The second-order valence-corrected chi connectivity index (χ2v) is 6.66. The van der Waals surface area contributed by atoms with Gasteiger partial charge in [0.25, 0.3) is 0 Å². The number of sulfonamides is 1. The van der Waals surface area contributed by atoms with Crippen LogP contribution in [0.15, 0.2) is 39.6 Å². The van der Waals surface area contributed by atoms with Crippen molar-refractivity contribution in [1.82, 2.24) is 4.72 Å². The Morgan fingerprint density at radius 2 is 1.80 bits per heavy atom. The number of aryl methyl sites for hydroxylation is 3. The van der Waals surface area contributed by atoms with E-state index in [2.05, 4.69) is 4.72 Å². The summed E-state index contributed by atoms with van der Waals surface area (Å²) in [6.45, 7) is 7.28. The average Bonchev–Trinajstić information content (AvgIpc) is 2.68. The third kappa shape index (κ3) is 2.94. The highest BCUT2D eigenvalue weighted by molar-refractivity contribution is 7.89. The van der Waals surface area contributed by atoms with Gasteiger partial charge in [-0.1, -0.05) is 18.2 Å². The highest BCUT2D eigenvalue weighted by atomic mass is 32.2. The zero-order valence-corrected chi connectivity index (χ0v) is 12.9. The molecule has 1 atom stereocenters. The van der Waals surface area contributed by atoms with Crippen LogP contribution < -0.4 is 4.72 Å². The van der Waals surface area contributed by atoms with Crippen LogP contribution in [-0.4, -0.2) is 8.42 Å². The molecule has 2 rings (SSSR count). The van der Waals surface area contributed by atoms with Crippen LogP contribution in [0.5, 0.6) is 0 Å². The normalized spacial score (nSPS) is 13.4. The topological polar surface area (TPSA) is 59.3 Å². The van der Waals surface area contributed by atoms with E-state index in [-0.39, 0.29) is 6.04 Å². The lowest BCUT2D eigenvalue weighted by Gasteiger charge is -2.15. The van der Waals surface area contributed by atoms with Crippen molar-refractivity contribution in [1.29, 1.82) is 0 Å². The molecule has 5 heteroatoms. The van der Waals surface area contributed by atoms with Crippen LogP contribution in [0.1, 0.15) is 35.6 Å². The van der Waals surface area contributed by atoms with E-state index in [0.717, 1.165) is 22.6 Å². The molecule has 1 unspecified atom stereocenters. The van der Waals surface area contributed by atoms with Gasteiger partial charge in [0.05, 0.1) is 4.90 Å². The molecule has 0 bridgehead atoms. The fourth-order valence-corrected chi connectivity index (χ4v) is 3.77. The van der Waals surface area contributed by atoms with E-state index in [0.29, 0.717) is 4.90 Å². The van der Waals surface area contributed by atoms with E-state index in [9.17, 15) is 8.42 Å². The van der Waals surface area contributed by atoms with Crippen molar-refractivity contribution >= 4 is 10.0 Å². The highest BCUT2D eigenvalue weighted by Crippen LogP contribution is 2.24. The second-order valence-electron chi connectivity index (χ2n) is 4.98. The van der Waals surface area contributed by atoms with Crippen molar-refractivity contribution in [2.75, 3.05) is 0 Å². The molecule has 0 saturated heterocycles. The van der Waals surface area contributed by atoms with E-state index >= 15 is 0 Å². The summed E-state index contributed by atoms with van der Waals surface area (Å²) in [6, 6.07) is 8.46. The lowest BCUT2D eigenvalue weighted by molar-refractivity contribution is 0.496. The van der Waals surface area contributed by atoms with Crippen molar-refractivity contribution < 1.29 is 12.8 Å². The molecule has 20 heavy (non-hydrogen) atoms. The minimum absolute atomic E-state index is 0.310. The van der Waals surface area contributed by atoms with Gasteiger partial charge in [0.2, 0.25) is 10.0 Å². The Hall–Kier alpha value is -1.59. The van der Waals surface area contributed by atoms with Crippen molar-refractivity contribution in [3.05, 3.63) is 53.0 Å². The van der Waals surface area contributed by atoms with Crippen molar-refractivity contribution in [3.8, 4) is 0 Å². The van der Waals surface area contributed by atoms with Crippen LogP contribution in [0.2, 0.25) is 0 Å². The van der Waals surface area contributed by atoms with Crippen LogP contribution in [-0.2, 0) is 10.0 Å². The number of hydrogen-bond donors (Lipinski definition) is 1. The molecule has 0 amide bonds. The number of hydrogen-bond acceptors (Lipinski definition) is 3. The number of benzene rings is 1. The lowest BCUT2D eigenvalue weighted by atomic mass is 10.1. The van der Waals surface area contributed by atoms with Gasteiger partial charge in [0, 0.05) is 11.6 Å². The fourth-order valence-electron chi connectivity index (χ4n) is 2.30. The number of rotatable bonds is 4. The van der Waals surface area contributed by atoms with E-state index in [4.69, 9.17) is 4.42 Å². The summed E-state index contributed by atoms with van der Waals surface area (Å²) < 4.78 is 33.0. The van der Waals surface area contributed by atoms with Gasteiger partial charge in [-0.2, -0.15) is 0 Å². The van der Waals surface area contributed by atoms with Crippen molar-refractivity contribution in [2.45, 2.75) is 38.6 Å². The van der Waals surface area contributed by atoms with Crippen LogP contribution in [0.25, 0.3) is 0 Å². The molecular formula is C15H19NO3S. The van der Waals surface area contributed by atoms with Gasteiger partial charge in [-0.05, 0) is 45.4 Å². The second kappa shape index (κ2) is 5.42. The summed E-state index contributed by atoms with van der Waals surface area (Å²) in [5.41, 5.74) is 1.59. The minimum Gasteiger partial charge on any atom is -0.466 e. The molecule has 1 N–H and O–H groups in total. The number of furan rings is 1. The first-order valence-electron chi connectivity index (χ1n) is 6.46. The van der Waals surface area contributed by atoms with Gasteiger partial charge in [0.15, 0.2) is 0 Å².